The minimum Gasteiger partial charge on any atom is -0.391 e. The lowest BCUT2D eigenvalue weighted by Crippen LogP contribution is -2.46. The number of hydrogen-bond acceptors (Lipinski definition) is 5. The van der Waals surface area contributed by atoms with Gasteiger partial charge < -0.3 is 19.8 Å². The summed E-state index contributed by atoms with van der Waals surface area (Å²) in [4.78, 5) is 23.4. The van der Waals surface area contributed by atoms with Gasteiger partial charge in [-0.3, -0.25) is 13.8 Å². The molecule has 3 unspecified atom stereocenters. The highest BCUT2D eigenvalue weighted by Gasteiger charge is 2.28. The maximum absolute atomic E-state index is 13.1. The summed E-state index contributed by atoms with van der Waals surface area (Å²) >= 11 is 0. The summed E-state index contributed by atoms with van der Waals surface area (Å²) in [5.74, 6) is -0.136. The number of nitrogens with one attached hydrogen (secondary N) is 1. The third kappa shape index (κ3) is 60.9. The van der Waals surface area contributed by atoms with Crippen molar-refractivity contribution in [2.75, 3.05) is 40.9 Å². The molecule has 0 saturated heterocycles. The van der Waals surface area contributed by atoms with Crippen LogP contribution in [0.25, 0.3) is 0 Å². The molecular formula is C67H136N2O6P+. The van der Waals surface area contributed by atoms with Gasteiger partial charge in [-0.15, -0.1) is 0 Å². The van der Waals surface area contributed by atoms with Gasteiger partial charge >= 0.3 is 7.82 Å². The molecule has 9 heteroatoms. The molecule has 0 aromatic carbocycles. The van der Waals surface area contributed by atoms with Crippen LogP contribution in [0.1, 0.15) is 361 Å². The second-order valence-electron chi connectivity index (χ2n) is 24.9. The molecule has 0 aromatic heterocycles. The molecule has 0 aliphatic rings. The van der Waals surface area contributed by atoms with Gasteiger partial charge in [0.15, 0.2) is 0 Å². The monoisotopic (exact) mass is 1100 g/mol. The lowest BCUT2D eigenvalue weighted by atomic mass is 10.0. The fourth-order valence-corrected chi connectivity index (χ4v) is 11.4. The van der Waals surface area contributed by atoms with Gasteiger partial charge in [-0.2, -0.15) is 0 Å². The predicted molar refractivity (Wildman–Crippen MR) is 332 cm³/mol. The Kier molecular flexibility index (Phi) is 58.3. The van der Waals surface area contributed by atoms with Crippen LogP contribution in [0.3, 0.4) is 0 Å². The fourth-order valence-electron chi connectivity index (χ4n) is 10.7. The predicted octanol–water partition coefficient (Wildman–Crippen LogP) is 21.3. The van der Waals surface area contributed by atoms with Gasteiger partial charge in [-0.05, 0) is 38.5 Å². The van der Waals surface area contributed by atoms with Crippen LogP contribution in [-0.4, -0.2) is 73.4 Å². The van der Waals surface area contributed by atoms with Crippen LogP contribution in [0, 0.1) is 0 Å². The third-order valence-electron chi connectivity index (χ3n) is 16.0. The van der Waals surface area contributed by atoms with Gasteiger partial charge in [0, 0.05) is 6.42 Å². The molecule has 0 radical (unpaired) electrons. The van der Waals surface area contributed by atoms with Crippen molar-refractivity contribution in [3.05, 3.63) is 12.2 Å². The number of phosphoric acid groups is 1. The molecule has 0 saturated carbocycles. The standard InChI is InChI=1S/C67H135N2O6P/c1-6-8-10-12-14-16-18-20-22-24-26-28-29-30-31-32-33-34-35-36-37-38-39-41-43-45-47-49-51-53-55-57-59-61-67(71)68-65(64-75-76(72,73)74-63-62-69(3,4)5)66(70)60-58-56-54-52-50-48-46-44-42-40-27-25-23-21-19-17-15-13-11-9-7-2/h30-31,65-66,70H,6-29,32-64H2,1-5H3,(H-,68,71,72,73)/p+1/b31-30-. The summed E-state index contributed by atoms with van der Waals surface area (Å²) in [6.07, 6.45) is 74.5. The summed E-state index contributed by atoms with van der Waals surface area (Å²) in [5, 5.41) is 14.1. The van der Waals surface area contributed by atoms with Gasteiger partial charge in [0.1, 0.15) is 13.2 Å². The molecule has 454 valence electrons. The van der Waals surface area contributed by atoms with Crippen LogP contribution in [0.2, 0.25) is 0 Å². The smallest absolute Gasteiger partial charge is 0.391 e. The number of aliphatic hydroxyl groups is 1. The van der Waals surface area contributed by atoms with E-state index in [1.54, 1.807) is 0 Å². The van der Waals surface area contributed by atoms with Crippen molar-refractivity contribution in [1.29, 1.82) is 0 Å². The van der Waals surface area contributed by atoms with Crippen molar-refractivity contribution in [2.45, 2.75) is 373 Å². The molecule has 3 N–H and O–H groups in total. The number of unbranched alkanes of at least 4 members (excludes halogenated alkanes) is 49. The number of rotatable bonds is 64. The molecule has 0 aliphatic heterocycles. The molecule has 0 aliphatic carbocycles. The number of hydrogen-bond donors (Lipinski definition) is 3. The van der Waals surface area contributed by atoms with Gasteiger partial charge in [0.25, 0.3) is 0 Å². The van der Waals surface area contributed by atoms with E-state index in [0.29, 0.717) is 23.9 Å². The normalized spacial score (nSPS) is 13.7. The molecule has 3 atom stereocenters. The molecule has 0 rings (SSSR count). The number of phosphoric ester groups is 1. The number of carbonyl (C=O) groups excluding carboxylic acids is 1. The zero-order chi connectivity index (χ0) is 55.6. The number of aliphatic hydroxyl groups excluding tert-OH is 1. The van der Waals surface area contributed by atoms with Crippen molar-refractivity contribution in [2.24, 2.45) is 0 Å². The molecular weight excluding hydrogens is 960 g/mol. The number of quaternary nitrogens is 1. The molecule has 0 aromatic rings. The topological polar surface area (TPSA) is 105 Å². The first kappa shape index (κ1) is 75.2. The van der Waals surface area contributed by atoms with Gasteiger partial charge in [-0.1, -0.05) is 328 Å². The minimum absolute atomic E-state index is 0.0782. The average Bonchev–Trinajstić information content (AvgIpc) is 3.38. The second-order valence-corrected chi connectivity index (χ2v) is 26.4. The fraction of sp³-hybridized carbons (Fsp3) is 0.955. The van der Waals surface area contributed by atoms with Crippen LogP contribution in [0.5, 0.6) is 0 Å². The van der Waals surface area contributed by atoms with Crippen molar-refractivity contribution < 1.29 is 32.9 Å². The summed E-state index contributed by atoms with van der Waals surface area (Å²) in [6, 6.07) is -0.758. The highest BCUT2D eigenvalue weighted by molar-refractivity contribution is 7.47. The van der Waals surface area contributed by atoms with Crippen LogP contribution < -0.4 is 5.32 Å². The minimum atomic E-state index is -4.32. The van der Waals surface area contributed by atoms with Gasteiger partial charge in [0.05, 0.1) is 39.9 Å². The van der Waals surface area contributed by atoms with Crippen LogP contribution in [0.15, 0.2) is 12.2 Å². The van der Waals surface area contributed by atoms with Crippen molar-refractivity contribution in [1.82, 2.24) is 5.32 Å². The number of allylic oxidation sites excluding steroid dienone is 2. The van der Waals surface area contributed by atoms with E-state index >= 15 is 0 Å². The Bertz CT molecular complexity index is 1240. The van der Waals surface area contributed by atoms with Crippen molar-refractivity contribution >= 4 is 13.7 Å². The zero-order valence-corrected chi connectivity index (χ0v) is 52.9. The summed E-state index contributed by atoms with van der Waals surface area (Å²) < 4.78 is 23.9. The number of carbonyl (C=O) groups is 1. The quantitative estimate of drug-likeness (QED) is 0.0243. The van der Waals surface area contributed by atoms with Crippen molar-refractivity contribution in [3.63, 3.8) is 0 Å². The molecule has 0 fully saturated rings. The Morgan fingerprint density at radius 3 is 1.01 bits per heavy atom. The first-order valence-electron chi connectivity index (χ1n) is 34.1. The summed E-state index contributed by atoms with van der Waals surface area (Å²) in [6.45, 7) is 4.95. The second kappa shape index (κ2) is 58.9. The Morgan fingerprint density at radius 1 is 0.434 bits per heavy atom. The molecule has 0 bridgehead atoms. The van der Waals surface area contributed by atoms with Crippen molar-refractivity contribution in [3.8, 4) is 0 Å². The van der Waals surface area contributed by atoms with E-state index in [9.17, 15) is 19.4 Å². The average molecular weight is 1100 g/mol. The first-order valence-corrected chi connectivity index (χ1v) is 35.5. The Balaban J connectivity index is 3.98. The SMILES string of the molecule is CCCCCCCCCCCCCC/C=C\CCCCCCCCCCCCCCCCCCCC(=O)NC(COP(=O)(O)OCC[N+](C)(C)C)C(O)CCCCCCCCCCCCCCCCCCCCCCC. The molecule has 0 heterocycles. The number of nitrogens with zero attached hydrogens (tertiary/aromatic N) is 1. The van der Waals surface area contributed by atoms with E-state index in [1.165, 1.54) is 295 Å². The molecule has 8 nitrogen and oxygen atoms in total. The van der Waals surface area contributed by atoms with Crippen LogP contribution in [0.4, 0.5) is 0 Å². The summed E-state index contributed by atoms with van der Waals surface area (Å²) in [7, 11) is 1.64. The van der Waals surface area contributed by atoms with E-state index in [1.807, 2.05) is 21.1 Å². The number of amides is 1. The van der Waals surface area contributed by atoms with E-state index in [2.05, 4.69) is 31.3 Å². The Labute approximate surface area is 475 Å². The molecule has 0 spiro atoms. The van der Waals surface area contributed by atoms with Gasteiger partial charge in [-0.25, -0.2) is 4.57 Å². The van der Waals surface area contributed by atoms with E-state index in [4.69, 9.17) is 9.05 Å². The summed E-state index contributed by atoms with van der Waals surface area (Å²) in [5.41, 5.74) is 0. The highest BCUT2D eigenvalue weighted by Crippen LogP contribution is 2.43. The Hall–Kier alpha value is -0.760. The lowest BCUT2D eigenvalue weighted by molar-refractivity contribution is -0.870. The number of likely N-dealkylation sites (N-methyl/N-ethyl adjacent to an activating group) is 1. The lowest BCUT2D eigenvalue weighted by Gasteiger charge is -2.26. The zero-order valence-electron chi connectivity index (χ0n) is 52.0. The largest absolute Gasteiger partial charge is 0.472 e. The third-order valence-corrected chi connectivity index (χ3v) is 17.0. The van der Waals surface area contributed by atoms with E-state index in [-0.39, 0.29) is 19.1 Å². The molecule has 1 amide bonds. The van der Waals surface area contributed by atoms with Crippen LogP contribution >= 0.6 is 7.82 Å². The Morgan fingerprint density at radius 2 is 0.711 bits per heavy atom. The van der Waals surface area contributed by atoms with Gasteiger partial charge in [0.2, 0.25) is 5.91 Å². The van der Waals surface area contributed by atoms with E-state index < -0.39 is 20.0 Å². The highest BCUT2D eigenvalue weighted by atomic mass is 31.2. The van der Waals surface area contributed by atoms with Crippen LogP contribution in [-0.2, 0) is 18.4 Å². The first-order chi connectivity index (χ1) is 37.0. The maximum Gasteiger partial charge on any atom is 0.472 e. The maximum atomic E-state index is 13.1. The van der Waals surface area contributed by atoms with E-state index in [0.717, 1.165) is 38.5 Å². The molecule has 76 heavy (non-hydrogen) atoms.